The summed E-state index contributed by atoms with van der Waals surface area (Å²) < 4.78 is 13.5. The Morgan fingerprint density at radius 3 is 2.87 bits per heavy atom. The summed E-state index contributed by atoms with van der Waals surface area (Å²) in [4.78, 5) is 0. The first kappa shape index (κ1) is 12.2. The molecule has 0 saturated carbocycles. The lowest BCUT2D eigenvalue weighted by molar-refractivity contribution is 0.528. The van der Waals surface area contributed by atoms with E-state index in [9.17, 15) is 4.39 Å². The van der Waals surface area contributed by atoms with Crippen LogP contribution in [0.15, 0.2) is 30.9 Å². The lowest BCUT2D eigenvalue weighted by Gasteiger charge is -2.18. The number of nitrogens with two attached hydrogens (primary N) is 1. The summed E-state index contributed by atoms with van der Waals surface area (Å²) in [6, 6.07) is 4.32. The third-order valence-corrected chi connectivity index (χ3v) is 2.42. The Kier molecular flexibility index (Phi) is 4.75. The highest BCUT2D eigenvalue weighted by atomic mass is 35.5. The van der Waals surface area contributed by atoms with Gasteiger partial charge in [-0.25, -0.2) is 4.39 Å². The lowest BCUT2D eigenvalue weighted by Crippen LogP contribution is -2.29. The molecule has 0 aliphatic rings. The summed E-state index contributed by atoms with van der Waals surface area (Å²) in [5, 5.41) is 3.44. The molecule has 1 atom stereocenters. The highest BCUT2D eigenvalue weighted by Crippen LogP contribution is 2.25. The molecule has 0 bridgehead atoms. The van der Waals surface area contributed by atoms with Crippen LogP contribution in [0.2, 0.25) is 5.02 Å². The minimum absolute atomic E-state index is 0.281. The Labute approximate surface area is 93.9 Å². The summed E-state index contributed by atoms with van der Waals surface area (Å²) >= 11 is 5.92. The van der Waals surface area contributed by atoms with Gasteiger partial charge in [0.05, 0.1) is 0 Å². The van der Waals surface area contributed by atoms with Crippen molar-refractivity contribution < 1.29 is 4.39 Å². The molecule has 0 amide bonds. The molecule has 1 aromatic carbocycles. The third kappa shape index (κ3) is 3.02. The number of benzene rings is 1. The first-order chi connectivity index (χ1) is 7.20. The molecule has 0 aromatic heterocycles. The van der Waals surface area contributed by atoms with Crippen LogP contribution in [0.1, 0.15) is 11.6 Å². The summed E-state index contributed by atoms with van der Waals surface area (Å²) in [6.45, 7) is 4.42. The zero-order valence-electron chi connectivity index (χ0n) is 8.34. The quantitative estimate of drug-likeness (QED) is 0.759. The zero-order valence-corrected chi connectivity index (χ0v) is 9.10. The molecule has 0 spiro atoms. The molecule has 0 fully saturated rings. The van der Waals surface area contributed by atoms with Gasteiger partial charge in [0.1, 0.15) is 5.82 Å². The van der Waals surface area contributed by atoms with Crippen LogP contribution >= 0.6 is 11.6 Å². The maximum Gasteiger partial charge on any atom is 0.129 e. The van der Waals surface area contributed by atoms with E-state index in [-0.39, 0.29) is 18.4 Å². The van der Waals surface area contributed by atoms with Crippen LogP contribution in [0.3, 0.4) is 0 Å². The van der Waals surface area contributed by atoms with Gasteiger partial charge >= 0.3 is 0 Å². The Morgan fingerprint density at radius 2 is 2.33 bits per heavy atom. The molecule has 1 aromatic rings. The van der Waals surface area contributed by atoms with Crippen molar-refractivity contribution in [3.05, 3.63) is 47.3 Å². The minimum Gasteiger partial charge on any atom is -0.329 e. The molecule has 0 aliphatic carbocycles. The van der Waals surface area contributed by atoms with Crippen LogP contribution in [-0.2, 0) is 0 Å². The Hall–Kier alpha value is -0.900. The van der Waals surface area contributed by atoms with E-state index in [0.29, 0.717) is 17.1 Å². The summed E-state index contributed by atoms with van der Waals surface area (Å²) in [5.41, 5.74) is 5.98. The van der Waals surface area contributed by atoms with Crippen molar-refractivity contribution in [2.75, 3.05) is 13.1 Å². The van der Waals surface area contributed by atoms with E-state index >= 15 is 0 Å². The molecule has 82 valence electrons. The highest BCUT2D eigenvalue weighted by molar-refractivity contribution is 6.31. The summed E-state index contributed by atoms with van der Waals surface area (Å²) in [7, 11) is 0. The molecular formula is C11H14ClFN2. The molecule has 2 nitrogen and oxygen atoms in total. The fraction of sp³-hybridized carbons (Fsp3) is 0.273. The van der Waals surface area contributed by atoms with E-state index in [0.717, 1.165) is 0 Å². The number of rotatable bonds is 5. The number of hydrogen-bond acceptors (Lipinski definition) is 2. The second-order valence-electron chi connectivity index (χ2n) is 3.12. The maximum atomic E-state index is 13.5. The first-order valence-electron chi connectivity index (χ1n) is 4.69. The molecule has 0 saturated heterocycles. The predicted octanol–water partition coefficient (Wildman–Crippen LogP) is 2.25. The van der Waals surface area contributed by atoms with Gasteiger partial charge in [0.15, 0.2) is 0 Å². The van der Waals surface area contributed by atoms with E-state index in [1.54, 1.807) is 18.2 Å². The SMILES string of the molecule is C=CCNC(CN)c1c(F)cccc1Cl. The van der Waals surface area contributed by atoms with Gasteiger partial charge in [0.2, 0.25) is 0 Å². The van der Waals surface area contributed by atoms with Crippen LogP contribution in [0.25, 0.3) is 0 Å². The Morgan fingerprint density at radius 1 is 1.60 bits per heavy atom. The van der Waals surface area contributed by atoms with Gasteiger partial charge in [-0.2, -0.15) is 0 Å². The predicted molar refractivity (Wildman–Crippen MR) is 61.4 cm³/mol. The van der Waals surface area contributed by atoms with Crippen molar-refractivity contribution in [1.82, 2.24) is 5.32 Å². The second-order valence-corrected chi connectivity index (χ2v) is 3.53. The van der Waals surface area contributed by atoms with E-state index in [1.165, 1.54) is 6.07 Å². The van der Waals surface area contributed by atoms with Crippen LogP contribution in [-0.4, -0.2) is 13.1 Å². The van der Waals surface area contributed by atoms with E-state index < -0.39 is 0 Å². The zero-order chi connectivity index (χ0) is 11.3. The standard InChI is InChI=1S/C11H14ClFN2/c1-2-6-15-10(7-14)11-8(12)4-3-5-9(11)13/h2-5,10,15H,1,6-7,14H2. The van der Waals surface area contributed by atoms with Gasteiger partial charge in [-0.05, 0) is 12.1 Å². The second kappa shape index (κ2) is 5.85. The van der Waals surface area contributed by atoms with Gasteiger partial charge in [0.25, 0.3) is 0 Å². The lowest BCUT2D eigenvalue weighted by atomic mass is 10.1. The average Bonchev–Trinajstić information content (AvgIpc) is 2.22. The minimum atomic E-state index is -0.338. The smallest absolute Gasteiger partial charge is 0.129 e. The maximum absolute atomic E-state index is 13.5. The molecule has 1 rings (SSSR count). The normalized spacial score (nSPS) is 12.5. The molecule has 0 heterocycles. The van der Waals surface area contributed by atoms with E-state index in [4.69, 9.17) is 17.3 Å². The molecule has 1 unspecified atom stereocenters. The summed E-state index contributed by atoms with van der Waals surface area (Å²) in [5.74, 6) is -0.338. The third-order valence-electron chi connectivity index (χ3n) is 2.09. The number of nitrogens with one attached hydrogen (secondary N) is 1. The van der Waals surface area contributed by atoms with Crippen LogP contribution in [0, 0.1) is 5.82 Å². The largest absolute Gasteiger partial charge is 0.329 e. The van der Waals surface area contributed by atoms with Crippen molar-refractivity contribution >= 4 is 11.6 Å². The monoisotopic (exact) mass is 228 g/mol. The molecule has 4 heteroatoms. The fourth-order valence-corrected chi connectivity index (χ4v) is 1.67. The van der Waals surface area contributed by atoms with Crippen molar-refractivity contribution in [2.24, 2.45) is 5.73 Å². The molecule has 0 radical (unpaired) electrons. The van der Waals surface area contributed by atoms with E-state index in [2.05, 4.69) is 11.9 Å². The number of halogens is 2. The van der Waals surface area contributed by atoms with Crippen LogP contribution < -0.4 is 11.1 Å². The van der Waals surface area contributed by atoms with Gasteiger partial charge in [-0.15, -0.1) is 6.58 Å². The highest BCUT2D eigenvalue weighted by Gasteiger charge is 2.16. The molecular weight excluding hydrogens is 215 g/mol. The van der Waals surface area contributed by atoms with Gasteiger partial charge in [-0.1, -0.05) is 23.7 Å². The van der Waals surface area contributed by atoms with Crippen molar-refractivity contribution in [3.63, 3.8) is 0 Å². The fourth-order valence-electron chi connectivity index (χ4n) is 1.37. The molecule has 3 N–H and O–H groups in total. The van der Waals surface area contributed by atoms with Gasteiger partial charge in [0, 0.05) is 29.7 Å². The Bertz CT molecular complexity index is 321. The molecule has 0 aliphatic heterocycles. The van der Waals surface area contributed by atoms with Gasteiger partial charge < -0.3 is 11.1 Å². The molecule has 15 heavy (non-hydrogen) atoms. The number of hydrogen-bond donors (Lipinski definition) is 2. The van der Waals surface area contributed by atoms with Gasteiger partial charge in [-0.3, -0.25) is 0 Å². The summed E-state index contributed by atoms with van der Waals surface area (Å²) in [6.07, 6.45) is 1.69. The van der Waals surface area contributed by atoms with Crippen LogP contribution in [0.4, 0.5) is 4.39 Å². The first-order valence-corrected chi connectivity index (χ1v) is 5.06. The average molecular weight is 229 g/mol. The van der Waals surface area contributed by atoms with Crippen LogP contribution in [0.5, 0.6) is 0 Å². The topological polar surface area (TPSA) is 38.0 Å². The Balaban J connectivity index is 2.95. The van der Waals surface area contributed by atoms with Crippen molar-refractivity contribution in [3.8, 4) is 0 Å². The van der Waals surface area contributed by atoms with Crippen molar-refractivity contribution in [1.29, 1.82) is 0 Å². The van der Waals surface area contributed by atoms with Crippen molar-refractivity contribution in [2.45, 2.75) is 6.04 Å². The van der Waals surface area contributed by atoms with E-state index in [1.807, 2.05) is 0 Å².